The van der Waals surface area contributed by atoms with Crippen LogP contribution in [-0.4, -0.2) is 44.9 Å². The average molecular weight is 408 g/mol. The molecule has 0 spiro atoms. The van der Waals surface area contributed by atoms with Crippen molar-refractivity contribution in [2.75, 3.05) is 19.6 Å². The smallest absolute Gasteiger partial charge is 0.261 e. The lowest BCUT2D eigenvalue weighted by Gasteiger charge is -2.44. The Kier molecular flexibility index (Phi) is 4.94. The molecular weight excluding hydrogens is 386 g/mol. The number of carbonyl (C=O) groups excluding carboxylic acids is 1. The Morgan fingerprint density at radius 1 is 1.19 bits per heavy atom. The van der Waals surface area contributed by atoms with Crippen molar-refractivity contribution in [2.24, 2.45) is 11.1 Å². The zero-order valence-corrected chi connectivity index (χ0v) is 16.3. The molecule has 1 aromatic carbocycles. The summed E-state index contributed by atoms with van der Waals surface area (Å²) in [6, 6.07) is 9.71. The zero-order valence-electron chi connectivity index (χ0n) is 14.6. The van der Waals surface area contributed by atoms with Crippen molar-refractivity contribution in [1.82, 2.24) is 10.2 Å². The number of fused-ring (bicyclic) bond motifs is 3. The minimum Gasteiger partial charge on any atom is -0.445 e. The molecule has 7 nitrogen and oxygen atoms in total. The molecular formula is C18H21N3O4S2. The van der Waals surface area contributed by atoms with Crippen molar-refractivity contribution >= 4 is 27.3 Å². The summed E-state index contributed by atoms with van der Waals surface area (Å²) in [5.74, 6) is 0.579. The highest BCUT2D eigenvalue weighted by Gasteiger charge is 2.35. The van der Waals surface area contributed by atoms with Gasteiger partial charge in [-0.3, -0.25) is 4.79 Å². The van der Waals surface area contributed by atoms with E-state index in [0.29, 0.717) is 15.9 Å². The summed E-state index contributed by atoms with van der Waals surface area (Å²) >= 11 is 1.18. The van der Waals surface area contributed by atoms with E-state index in [1.54, 1.807) is 24.3 Å². The Morgan fingerprint density at radius 3 is 2.59 bits per heavy atom. The third kappa shape index (κ3) is 4.01. The van der Waals surface area contributed by atoms with Gasteiger partial charge in [0.15, 0.2) is 5.06 Å². The van der Waals surface area contributed by atoms with Gasteiger partial charge in [-0.1, -0.05) is 23.5 Å². The number of carbonyl (C=O) groups is 1. The normalized spacial score (nSPS) is 24.6. The summed E-state index contributed by atoms with van der Waals surface area (Å²) in [5, 5.41) is 8.80. The standard InChI is InChI=1S/C18H21N3O4S2/c19-27(23,24)16-4-2-1-3-14(16)25-17-6-5-15(26-17)18(22)20-13-11-21-9-7-12(13)8-10-21/h1-6,12-13H,7-11H2,(H,20,22)(H2,19,23,24). The van der Waals surface area contributed by atoms with Gasteiger partial charge >= 0.3 is 0 Å². The van der Waals surface area contributed by atoms with Crippen molar-refractivity contribution in [2.45, 2.75) is 23.8 Å². The van der Waals surface area contributed by atoms with Crippen LogP contribution in [0.25, 0.3) is 0 Å². The molecule has 0 radical (unpaired) electrons. The average Bonchev–Trinajstić information content (AvgIpc) is 3.11. The van der Waals surface area contributed by atoms with Gasteiger partial charge in [-0.25, -0.2) is 13.6 Å². The quantitative estimate of drug-likeness (QED) is 0.789. The number of nitrogens with zero attached hydrogens (tertiary/aromatic N) is 1. The number of hydrogen-bond donors (Lipinski definition) is 2. The summed E-state index contributed by atoms with van der Waals surface area (Å²) in [6.45, 7) is 3.15. The van der Waals surface area contributed by atoms with Gasteiger partial charge in [0.05, 0.1) is 4.88 Å². The molecule has 1 amide bonds. The zero-order chi connectivity index (χ0) is 19.0. The minimum atomic E-state index is -3.89. The number of sulfonamides is 1. The summed E-state index contributed by atoms with van der Waals surface area (Å²) in [4.78, 5) is 15.4. The van der Waals surface area contributed by atoms with Gasteiger partial charge in [-0.05, 0) is 56.1 Å². The molecule has 9 heteroatoms. The number of hydrogen-bond acceptors (Lipinski definition) is 6. The molecule has 4 heterocycles. The minimum absolute atomic E-state index is 0.0864. The van der Waals surface area contributed by atoms with E-state index in [0.717, 1.165) is 32.5 Å². The summed E-state index contributed by atoms with van der Waals surface area (Å²) in [7, 11) is -3.89. The molecule has 5 rings (SSSR count). The van der Waals surface area contributed by atoms with Crippen LogP contribution < -0.4 is 15.2 Å². The van der Waals surface area contributed by atoms with Crippen LogP contribution in [0.4, 0.5) is 0 Å². The second-order valence-electron chi connectivity index (χ2n) is 6.93. The van der Waals surface area contributed by atoms with Crippen molar-refractivity contribution in [1.29, 1.82) is 0 Å². The van der Waals surface area contributed by atoms with Gasteiger partial charge in [0, 0.05) is 12.6 Å². The SMILES string of the molecule is NS(=O)(=O)c1ccccc1Oc1ccc(C(=O)NC2CN3CCC2CC3)s1. The van der Waals surface area contributed by atoms with Crippen molar-refractivity contribution in [3.63, 3.8) is 0 Å². The molecule has 1 unspecified atom stereocenters. The lowest BCUT2D eigenvalue weighted by molar-refractivity contribution is 0.0622. The fraction of sp³-hybridized carbons (Fsp3) is 0.389. The van der Waals surface area contributed by atoms with Crippen LogP contribution in [0.1, 0.15) is 22.5 Å². The largest absolute Gasteiger partial charge is 0.445 e. The first-order valence-corrected chi connectivity index (χ1v) is 11.2. The lowest BCUT2D eigenvalue weighted by Crippen LogP contribution is -2.57. The monoisotopic (exact) mass is 407 g/mol. The number of para-hydroxylation sites is 1. The van der Waals surface area contributed by atoms with E-state index in [1.807, 2.05) is 0 Å². The Hall–Kier alpha value is -1.94. The van der Waals surface area contributed by atoms with Crippen molar-refractivity contribution in [3.8, 4) is 10.8 Å². The molecule has 3 saturated heterocycles. The fourth-order valence-electron chi connectivity index (χ4n) is 3.74. The molecule has 27 heavy (non-hydrogen) atoms. The first-order valence-electron chi connectivity index (χ1n) is 8.83. The number of primary sulfonamides is 1. The highest BCUT2D eigenvalue weighted by atomic mass is 32.2. The molecule has 1 aromatic heterocycles. The highest BCUT2D eigenvalue weighted by molar-refractivity contribution is 7.89. The summed E-state index contributed by atoms with van der Waals surface area (Å²) in [5.41, 5.74) is 0. The van der Waals surface area contributed by atoms with E-state index >= 15 is 0 Å². The Morgan fingerprint density at radius 2 is 1.93 bits per heavy atom. The van der Waals surface area contributed by atoms with Crippen LogP contribution in [0, 0.1) is 5.92 Å². The number of amides is 1. The Balaban J connectivity index is 1.46. The van der Waals surface area contributed by atoms with Crippen molar-refractivity contribution < 1.29 is 17.9 Å². The van der Waals surface area contributed by atoms with Crippen LogP contribution >= 0.6 is 11.3 Å². The molecule has 1 atom stereocenters. The van der Waals surface area contributed by atoms with E-state index in [4.69, 9.17) is 9.88 Å². The van der Waals surface area contributed by atoms with Gasteiger partial charge in [-0.15, -0.1) is 0 Å². The van der Waals surface area contributed by atoms with Crippen LogP contribution in [0.15, 0.2) is 41.3 Å². The number of nitrogens with one attached hydrogen (secondary N) is 1. The van der Waals surface area contributed by atoms with Crippen LogP contribution in [0.2, 0.25) is 0 Å². The highest BCUT2D eigenvalue weighted by Crippen LogP contribution is 2.33. The summed E-state index contributed by atoms with van der Waals surface area (Å²) in [6.07, 6.45) is 2.27. The maximum Gasteiger partial charge on any atom is 0.261 e. The van der Waals surface area contributed by atoms with E-state index in [1.165, 1.54) is 23.5 Å². The van der Waals surface area contributed by atoms with Gasteiger partial charge in [0.2, 0.25) is 10.0 Å². The lowest BCUT2D eigenvalue weighted by atomic mass is 9.84. The molecule has 0 saturated carbocycles. The molecule has 144 valence electrons. The maximum atomic E-state index is 12.6. The van der Waals surface area contributed by atoms with Gasteiger partial charge in [0.25, 0.3) is 5.91 Å². The van der Waals surface area contributed by atoms with Crippen LogP contribution in [0.3, 0.4) is 0 Å². The number of nitrogens with two attached hydrogens (primary N) is 1. The third-order valence-corrected chi connectivity index (χ3v) is 7.06. The van der Waals surface area contributed by atoms with E-state index < -0.39 is 10.0 Å². The number of ether oxygens (including phenoxy) is 1. The van der Waals surface area contributed by atoms with Crippen LogP contribution in [0.5, 0.6) is 10.8 Å². The Labute approximate surface area is 162 Å². The molecule has 3 N–H and O–H groups in total. The third-order valence-electron chi connectivity index (χ3n) is 5.14. The molecule has 2 bridgehead atoms. The number of rotatable bonds is 5. The van der Waals surface area contributed by atoms with Crippen molar-refractivity contribution in [3.05, 3.63) is 41.3 Å². The first-order chi connectivity index (χ1) is 12.9. The van der Waals surface area contributed by atoms with E-state index in [-0.39, 0.29) is 22.6 Å². The molecule has 2 aromatic rings. The number of benzene rings is 1. The van der Waals surface area contributed by atoms with Gasteiger partial charge in [0.1, 0.15) is 10.6 Å². The number of thiophene rings is 1. The first kappa shape index (κ1) is 18.4. The second kappa shape index (κ2) is 7.23. The second-order valence-corrected chi connectivity index (χ2v) is 9.51. The molecule has 0 aliphatic carbocycles. The predicted octanol–water partition coefficient (Wildman–Crippen LogP) is 2.01. The molecule has 3 aliphatic heterocycles. The van der Waals surface area contributed by atoms with E-state index in [2.05, 4.69) is 10.2 Å². The van der Waals surface area contributed by atoms with E-state index in [9.17, 15) is 13.2 Å². The fourth-order valence-corrected chi connectivity index (χ4v) is 5.17. The Bertz CT molecular complexity index is 949. The topological polar surface area (TPSA) is 102 Å². The molecule has 3 aliphatic rings. The molecule has 3 fully saturated rings. The number of piperidine rings is 3. The maximum absolute atomic E-state index is 12.6. The predicted molar refractivity (Wildman–Crippen MR) is 103 cm³/mol. The van der Waals surface area contributed by atoms with Gasteiger partial charge < -0.3 is 15.0 Å². The van der Waals surface area contributed by atoms with Gasteiger partial charge in [-0.2, -0.15) is 0 Å². The van der Waals surface area contributed by atoms with Crippen LogP contribution in [-0.2, 0) is 10.0 Å². The summed E-state index contributed by atoms with van der Waals surface area (Å²) < 4.78 is 29.0.